The summed E-state index contributed by atoms with van der Waals surface area (Å²) in [4.78, 5) is 11.1. The molecule has 1 aromatic carbocycles. The number of hydrogen-bond acceptors (Lipinski definition) is 4. The molecule has 0 bridgehead atoms. The SMILES string of the molecule is O=C(NCc1ccccc1O)C(O)CO. The lowest BCUT2D eigenvalue weighted by Gasteiger charge is -2.09. The Kier molecular flexibility index (Phi) is 4.08. The van der Waals surface area contributed by atoms with Crippen molar-refractivity contribution in [2.45, 2.75) is 12.6 Å². The van der Waals surface area contributed by atoms with E-state index in [1.165, 1.54) is 6.07 Å². The molecule has 15 heavy (non-hydrogen) atoms. The quantitative estimate of drug-likeness (QED) is 0.533. The Morgan fingerprint density at radius 2 is 2.07 bits per heavy atom. The van der Waals surface area contributed by atoms with Crippen LogP contribution >= 0.6 is 0 Å². The molecule has 0 spiro atoms. The van der Waals surface area contributed by atoms with Crippen LogP contribution in [0.3, 0.4) is 0 Å². The first-order chi connectivity index (χ1) is 7.15. The van der Waals surface area contributed by atoms with E-state index < -0.39 is 18.6 Å². The van der Waals surface area contributed by atoms with Gasteiger partial charge in [0, 0.05) is 12.1 Å². The molecule has 1 aromatic rings. The van der Waals surface area contributed by atoms with Crippen molar-refractivity contribution in [3.63, 3.8) is 0 Å². The Morgan fingerprint density at radius 1 is 1.40 bits per heavy atom. The molecule has 0 fully saturated rings. The van der Waals surface area contributed by atoms with Gasteiger partial charge in [-0.3, -0.25) is 4.79 Å². The van der Waals surface area contributed by atoms with Crippen LogP contribution in [0, 0.1) is 0 Å². The van der Waals surface area contributed by atoms with E-state index in [4.69, 9.17) is 10.2 Å². The normalized spacial score (nSPS) is 12.1. The molecular formula is C10H13NO4. The monoisotopic (exact) mass is 211 g/mol. The van der Waals surface area contributed by atoms with Crippen molar-refractivity contribution in [1.82, 2.24) is 5.32 Å². The number of benzene rings is 1. The van der Waals surface area contributed by atoms with Gasteiger partial charge < -0.3 is 20.6 Å². The van der Waals surface area contributed by atoms with E-state index >= 15 is 0 Å². The van der Waals surface area contributed by atoms with E-state index in [0.29, 0.717) is 5.56 Å². The van der Waals surface area contributed by atoms with Crippen LogP contribution in [0.25, 0.3) is 0 Å². The van der Waals surface area contributed by atoms with Crippen molar-refractivity contribution in [3.8, 4) is 5.75 Å². The molecule has 0 heterocycles. The standard InChI is InChI=1S/C10H13NO4/c12-6-9(14)10(15)11-5-7-3-1-2-4-8(7)13/h1-4,9,12-14H,5-6H2,(H,11,15). The summed E-state index contributed by atoms with van der Waals surface area (Å²) >= 11 is 0. The summed E-state index contributed by atoms with van der Waals surface area (Å²) in [5.74, 6) is -0.586. The third-order valence-electron chi connectivity index (χ3n) is 1.92. The molecule has 1 rings (SSSR count). The number of para-hydroxylation sites is 1. The summed E-state index contributed by atoms with van der Waals surface area (Å²) < 4.78 is 0. The molecule has 82 valence electrons. The van der Waals surface area contributed by atoms with E-state index in [1.54, 1.807) is 18.2 Å². The highest BCUT2D eigenvalue weighted by Crippen LogP contribution is 2.14. The number of rotatable bonds is 4. The van der Waals surface area contributed by atoms with E-state index in [2.05, 4.69) is 5.32 Å². The largest absolute Gasteiger partial charge is 0.508 e. The Morgan fingerprint density at radius 3 is 2.67 bits per heavy atom. The van der Waals surface area contributed by atoms with Crippen LogP contribution < -0.4 is 5.32 Å². The van der Waals surface area contributed by atoms with Crippen molar-refractivity contribution in [2.75, 3.05) is 6.61 Å². The molecule has 1 atom stereocenters. The van der Waals surface area contributed by atoms with Gasteiger partial charge in [-0.1, -0.05) is 18.2 Å². The fraction of sp³-hybridized carbons (Fsp3) is 0.300. The summed E-state index contributed by atoms with van der Waals surface area (Å²) in [5.41, 5.74) is 0.552. The third-order valence-corrected chi connectivity index (χ3v) is 1.92. The maximum absolute atomic E-state index is 11.1. The molecular weight excluding hydrogens is 198 g/mol. The van der Waals surface area contributed by atoms with Crippen LogP contribution in [0.1, 0.15) is 5.56 Å². The second-order valence-corrected chi connectivity index (χ2v) is 3.04. The molecule has 1 unspecified atom stereocenters. The summed E-state index contributed by atoms with van der Waals surface area (Å²) in [5, 5.41) is 29.2. The Bertz CT molecular complexity index is 340. The van der Waals surface area contributed by atoms with Gasteiger partial charge >= 0.3 is 0 Å². The van der Waals surface area contributed by atoms with Gasteiger partial charge in [-0.05, 0) is 6.07 Å². The van der Waals surface area contributed by atoms with E-state index in [9.17, 15) is 9.90 Å². The molecule has 1 amide bonds. The Hall–Kier alpha value is -1.59. The van der Waals surface area contributed by atoms with Crippen molar-refractivity contribution < 1.29 is 20.1 Å². The number of aliphatic hydroxyl groups excluding tert-OH is 2. The van der Waals surface area contributed by atoms with Crippen LogP contribution in [0.5, 0.6) is 5.75 Å². The number of hydrogen-bond donors (Lipinski definition) is 4. The highest BCUT2D eigenvalue weighted by Gasteiger charge is 2.12. The lowest BCUT2D eigenvalue weighted by atomic mass is 10.2. The molecule has 0 saturated carbocycles. The van der Waals surface area contributed by atoms with Gasteiger partial charge in [0.05, 0.1) is 6.61 Å². The number of aromatic hydroxyl groups is 1. The molecule has 0 aromatic heterocycles. The molecule has 0 aliphatic rings. The fourth-order valence-electron chi connectivity index (χ4n) is 1.04. The first-order valence-electron chi connectivity index (χ1n) is 4.48. The maximum atomic E-state index is 11.1. The minimum absolute atomic E-state index is 0.0799. The summed E-state index contributed by atoms with van der Waals surface area (Å²) in [6, 6.07) is 6.55. The fourth-order valence-corrected chi connectivity index (χ4v) is 1.04. The maximum Gasteiger partial charge on any atom is 0.251 e. The summed E-state index contributed by atoms with van der Waals surface area (Å²) in [6.45, 7) is -0.505. The topological polar surface area (TPSA) is 89.8 Å². The zero-order valence-corrected chi connectivity index (χ0v) is 8.05. The highest BCUT2D eigenvalue weighted by atomic mass is 16.3. The first-order valence-corrected chi connectivity index (χ1v) is 4.48. The average Bonchev–Trinajstić information content (AvgIpc) is 2.26. The molecule has 5 nitrogen and oxygen atoms in total. The van der Waals surface area contributed by atoms with Crippen LogP contribution in [0.15, 0.2) is 24.3 Å². The predicted molar refractivity (Wildman–Crippen MR) is 53.0 cm³/mol. The van der Waals surface area contributed by atoms with Crippen molar-refractivity contribution in [1.29, 1.82) is 0 Å². The summed E-state index contributed by atoms with van der Waals surface area (Å²) in [6.07, 6.45) is -1.42. The van der Waals surface area contributed by atoms with Gasteiger partial charge in [-0.2, -0.15) is 0 Å². The number of carbonyl (C=O) groups excluding carboxylic acids is 1. The smallest absolute Gasteiger partial charge is 0.251 e. The lowest BCUT2D eigenvalue weighted by Crippen LogP contribution is -2.36. The molecule has 4 N–H and O–H groups in total. The second kappa shape index (κ2) is 5.33. The minimum Gasteiger partial charge on any atom is -0.508 e. The van der Waals surface area contributed by atoms with Gasteiger partial charge in [0.1, 0.15) is 5.75 Å². The number of phenolic OH excluding ortho intramolecular Hbond substituents is 1. The van der Waals surface area contributed by atoms with E-state index in [1.807, 2.05) is 0 Å². The average molecular weight is 211 g/mol. The van der Waals surface area contributed by atoms with Crippen molar-refractivity contribution in [3.05, 3.63) is 29.8 Å². The van der Waals surface area contributed by atoms with Crippen molar-refractivity contribution in [2.24, 2.45) is 0 Å². The molecule has 0 saturated heterocycles. The number of aliphatic hydroxyl groups is 2. The number of carbonyl (C=O) groups is 1. The van der Waals surface area contributed by atoms with E-state index in [-0.39, 0.29) is 12.3 Å². The van der Waals surface area contributed by atoms with E-state index in [0.717, 1.165) is 0 Å². The Labute approximate surface area is 87.0 Å². The first kappa shape index (κ1) is 11.5. The van der Waals surface area contributed by atoms with Gasteiger partial charge in [-0.15, -0.1) is 0 Å². The van der Waals surface area contributed by atoms with Gasteiger partial charge in [-0.25, -0.2) is 0 Å². The van der Waals surface area contributed by atoms with Crippen LogP contribution in [-0.4, -0.2) is 33.9 Å². The third kappa shape index (κ3) is 3.23. The molecule has 0 radical (unpaired) electrons. The predicted octanol–water partition coefficient (Wildman–Crippen LogP) is -0.638. The zero-order valence-electron chi connectivity index (χ0n) is 8.05. The second-order valence-electron chi connectivity index (χ2n) is 3.04. The minimum atomic E-state index is -1.42. The molecule has 0 aliphatic heterocycles. The number of amides is 1. The van der Waals surface area contributed by atoms with Crippen molar-refractivity contribution >= 4 is 5.91 Å². The van der Waals surface area contributed by atoms with Crippen LogP contribution in [0.2, 0.25) is 0 Å². The van der Waals surface area contributed by atoms with Gasteiger partial charge in [0.25, 0.3) is 5.91 Å². The van der Waals surface area contributed by atoms with Crippen LogP contribution in [-0.2, 0) is 11.3 Å². The Balaban J connectivity index is 2.51. The number of phenols is 1. The van der Waals surface area contributed by atoms with Crippen LogP contribution in [0.4, 0.5) is 0 Å². The van der Waals surface area contributed by atoms with Gasteiger partial charge in [0.15, 0.2) is 6.10 Å². The van der Waals surface area contributed by atoms with Gasteiger partial charge in [0.2, 0.25) is 0 Å². The summed E-state index contributed by atoms with van der Waals surface area (Å²) in [7, 11) is 0. The zero-order chi connectivity index (χ0) is 11.3. The molecule has 5 heteroatoms. The molecule has 0 aliphatic carbocycles. The number of nitrogens with one attached hydrogen (secondary N) is 1. The highest BCUT2D eigenvalue weighted by molar-refractivity contribution is 5.80. The lowest BCUT2D eigenvalue weighted by molar-refractivity contribution is -0.131.